The molecule has 1 fully saturated rings. The highest BCUT2D eigenvalue weighted by Crippen LogP contribution is 2.23. The lowest BCUT2D eigenvalue weighted by atomic mass is 9.98. The third-order valence-corrected chi connectivity index (χ3v) is 12.3. The van der Waals surface area contributed by atoms with Gasteiger partial charge in [-0.05, 0) is 44.9 Å². The number of nitrogens with one attached hydrogen (secondary N) is 1. The number of amides is 1. The molecule has 0 spiro atoms. The fraction of sp³-hybridized carbons (Fsp3) is 0.900. The minimum absolute atomic E-state index is 0.260. The molecule has 0 aromatic carbocycles. The van der Waals surface area contributed by atoms with E-state index in [1.165, 1.54) is 135 Å². The summed E-state index contributed by atoms with van der Waals surface area (Å²) < 4.78 is 11.0. The summed E-state index contributed by atoms with van der Waals surface area (Å²) in [5.41, 5.74) is 0. The van der Waals surface area contributed by atoms with Gasteiger partial charge in [0.1, 0.15) is 36.6 Å². The van der Waals surface area contributed by atoms with Crippen molar-refractivity contribution in [1.29, 1.82) is 0 Å². The first kappa shape index (κ1) is 57.6. The van der Waals surface area contributed by atoms with Crippen molar-refractivity contribution < 1.29 is 50.0 Å². The molecule has 11 heteroatoms. The number of rotatable bonds is 42. The predicted molar refractivity (Wildman–Crippen MR) is 247 cm³/mol. The van der Waals surface area contributed by atoms with Crippen LogP contribution >= 0.6 is 0 Å². The zero-order valence-corrected chi connectivity index (χ0v) is 38.9. The minimum Gasteiger partial charge on any atom is -0.394 e. The Labute approximate surface area is 372 Å². The van der Waals surface area contributed by atoms with E-state index in [4.69, 9.17) is 9.47 Å². The normalized spacial score (nSPS) is 21.6. The first-order chi connectivity index (χ1) is 29.7. The van der Waals surface area contributed by atoms with Crippen LogP contribution in [-0.4, -0.2) is 110 Å². The number of aliphatic hydroxyl groups is 7. The van der Waals surface area contributed by atoms with Gasteiger partial charge in [0, 0.05) is 0 Å². The standard InChI is InChI=1S/C50H95NO10/c1-3-5-7-9-10-11-12-13-14-15-16-17-18-19-20-21-22-23-24-25-26-27-28-29-30-31-32-33-34-36-38-43(54)49(59)51-41(45(55)42(53)37-35-8-6-4-2)40-60-50-48(58)47(57)46(56)44(39-52)61-50/h16-17,19-20,41-48,50,52-58H,3-15,18,21-40H2,1-2H3,(H,51,59)/b17-16-,20-19-. The molecule has 1 aliphatic heterocycles. The van der Waals surface area contributed by atoms with Gasteiger partial charge in [-0.25, -0.2) is 0 Å². The van der Waals surface area contributed by atoms with E-state index < -0.39 is 74.2 Å². The van der Waals surface area contributed by atoms with E-state index in [0.717, 1.165) is 44.9 Å². The quantitative estimate of drug-likeness (QED) is 0.0217. The molecule has 1 amide bonds. The van der Waals surface area contributed by atoms with E-state index in [-0.39, 0.29) is 6.42 Å². The topological polar surface area (TPSA) is 189 Å². The van der Waals surface area contributed by atoms with E-state index >= 15 is 0 Å². The van der Waals surface area contributed by atoms with Gasteiger partial charge in [0.2, 0.25) is 5.91 Å². The molecule has 8 N–H and O–H groups in total. The Morgan fingerprint density at radius 3 is 1.48 bits per heavy atom. The van der Waals surface area contributed by atoms with Crippen LogP contribution in [-0.2, 0) is 14.3 Å². The Bertz CT molecular complexity index is 1040. The second-order valence-electron chi connectivity index (χ2n) is 17.9. The number of ether oxygens (including phenoxy) is 2. The van der Waals surface area contributed by atoms with Crippen molar-refractivity contribution in [2.45, 2.75) is 274 Å². The lowest BCUT2D eigenvalue weighted by molar-refractivity contribution is -0.303. The van der Waals surface area contributed by atoms with Crippen LogP contribution in [0.4, 0.5) is 0 Å². The Morgan fingerprint density at radius 1 is 0.574 bits per heavy atom. The summed E-state index contributed by atoms with van der Waals surface area (Å²) in [6.07, 6.45) is 34.8. The fourth-order valence-electron chi connectivity index (χ4n) is 8.06. The SMILES string of the molecule is CCCCCCCCCCC/C=C\C/C=C\CCCCCCCCCCCCCCCCC(O)C(=O)NC(COC1OC(CO)C(O)C(O)C1O)C(O)C(O)CCCCCC. The predicted octanol–water partition coefficient (Wildman–Crippen LogP) is 9.01. The molecule has 0 aromatic rings. The maximum atomic E-state index is 13.0. The molecule has 9 unspecified atom stereocenters. The molecule has 11 nitrogen and oxygen atoms in total. The number of allylic oxidation sites excluding steroid dienone is 4. The summed E-state index contributed by atoms with van der Waals surface area (Å²) in [6.45, 7) is 3.29. The molecule has 61 heavy (non-hydrogen) atoms. The van der Waals surface area contributed by atoms with Crippen molar-refractivity contribution in [1.82, 2.24) is 5.32 Å². The molecule has 0 bridgehead atoms. The van der Waals surface area contributed by atoms with Gasteiger partial charge in [-0.2, -0.15) is 0 Å². The molecule has 0 aromatic heterocycles. The summed E-state index contributed by atoms with van der Waals surface area (Å²) in [6, 6.07) is -1.16. The average Bonchev–Trinajstić information content (AvgIpc) is 3.26. The van der Waals surface area contributed by atoms with Crippen LogP contribution in [0.5, 0.6) is 0 Å². The second kappa shape index (κ2) is 40.1. The highest BCUT2D eigenvalue weighted by molar-refractivity contribution is 5.80. The first-order valence-electron chi connectivity index (χ1n) is 25.2. The van der Waals surface area contributed by atoms with E-state index in [1.54, 1.807) is 0 Å². The summed E-state index contributed by atoms with van der Waals surface area (Å²) >= 11 is 0. The van der Waals surface area contributed by atoms with Crippen LogP contribution in [0.1, 0.15) is 219 Å². The fourth-order valence-corrected chi connectivity index (χ4v) is 8.06. The van der Waals surface area contributed by atoms with Gasteiger partial charge in [-0.15, -0.1) is 0 Å². The summed E-state index contributed by atoms with van der Waals surface area (Å²) in [7, 11) is 0. The Balaban J connectivity index is 2.12. The lowest BCUT2D eigenvalue weighted by Gasteiger charge is -2.40. The van der Waals surface area contributed by atoms with Crippen molar-refractivity contribution in [2.24, 2.45) is 0 Å². The largest absolute Gasteiger partial charge is 0.394 e. The van der Waals surface area contributed by atoms with Crippen molar-refractivity contribution in [2.75, 3.05) is 13.2 Å². The number of carbonyl (C=O) groups is 1. The maximum absolute atomic E-state index is 13.0. The minimum atomic E-state index is -1.66. The number of unbranched alkanes of at least 4 members (excludes halogenated alkanes) is 26. The third kappa shape index (κ3) is 29.6. The average molecular weight is 870 g/mol. The molecule has 1 rings (SSSR count). The van der Waals surface area contributed by atoms with Crippen molar-refractivity contribution in [3.8, 4) is 0 Å². The van der Waals surface area contributed by atoms with Crippen LogP contribution in [0, 0.1) is 0 Å². The van der Waals surface area contributed by atoms with Gasteiger partial charge in [0.05, 0.1) is 25.4 Å². The highest BCUT2D eigenvalue weighted by Gasteiger charge is 2.44. The van der Waals surface area contributed by atoms with Gasteiger partial charge in [0.15, 0.2) is 6.29 Å². The zero-order valence-electron chi connectivity index (χ0n) is 38.9. The van der Waals surface area contributed by atoms with Crippen LogP contribution in [0.3, 0.4) is 0 Å². The second-order valence-corrected chi connectivity index (χ2v) is 17.9. The summed E-state index contributed by atoms with van der Waals surface area (Å²) in [5, 5.41) is 74.9. The third-order valence-electron chi connectivity index (χ3n) is 12.3. The van der Waals surface area contributed by atoms with E-state index in [2.05, 4.69) is 43.5 Å². The Morgan fingerprint density at radius 2 is 1.00 bits per heavy atom. The smallest absolute Gasteiger partial charge is 0.249 e. The number of hydrogen-bond acceptors (Lipinski definition) is 10. The number of aliphatic hydroxyl groups excluding tert-OH is 7. The molecular weight excluding hydrogens is 775 g/mol. The van der Waals surface area contributed by atoms with Gasteiger partial charge in [-0.3, -0.25) is 4.79 Å². The molecule has 1 aliphatic rings. The molecule has 1 heterocycles. The summed E-state index contributed by atoms with van der Waals surface area (Å²) in [4.78, 5) is 13.0. The number of carbonyl (C=O) groups excluding carboxylic acids is 1. The van der Waals surface area contributed by atoms with Gasteiger partial charge >= 0.3 is 0 Å². The van der Waals surface area contributed by atoms with Gasteiger partial charge in [0.25, 0.3) is 0 Å². The molecule has 9 atom stereocenters. The summed E-state index contributed by atoms with van der Waals surface area (Å²) in [5.74, 6) is -0.704. The molecule has 360 valence electrons. The maximum Gasteiger partial charge on any atom is 0.249 e. The van der Waals surface area contributed by atoms with Crippen molar-refractivity contribution in [3.05, 3.63) is 24.3 Å². The molecule has 1 saturated heterocycles. The van der Waals surface area contributed by atoms with Crippen molar-refractivity contribution in [3.63, 3.8) is 0 Å². The lowest BCUT2D eigenvalue weighted by Crippen LogP contribution is -2.60. The Kier molecular flexibility index (Phi) is 37.9. The van der Waals surface area contributed by atoms with Gasteiger partial charge < -0.3 is 50.5 Å². The highest BCUT2D eigenvalue weighted by atomic mass is 16.7. The van der Waals surface area contributed by atoms with E-state index in [1.807, 2.05) is 0 Å². The van der Waals surface area contributed by atoms with Crippen molar-refractivity contribution >= 4 is 5.91 Å². The molecule has 0 radical (unpaired) electrons. The van der Waals surface area contributed by atoms with Gasteiger partial charge in [-0.1, -0.05) is 199 Å². The molecular formula is C50H95NO10. The first-order valence-corrected chi connectivity index (χ1v) is 25.2. The molecule has 0 aliphatic carbocycles. The van der Waals surface area contributed by atoms with Crippen LogP contribution in [0.2, 0.25) is 0 Å². The van der Waals surface area contributed by atoms with Crippen LogP contribution in [0.15, 0.2) is 24.3 Å². The molecule has 0 saturated carbocycles. The number of hydrogen-bond donors (Lipinski definition) is 8. The monoisotopic (exact) mass is 870 g/mol. The Hall–Kier alpha value is -1.41. The van der Waals surface area contributed by atoms with E-state index in [0.29, 0.717) is 19.3 Å². The van der Waals surface area contributed by atoms with E-state index in [9.17, 15) is 40.5 Å². The zero-order chi connectivity index (χ0) is 44.8. The van der Waals surface area contributed by atoms with Crippen LogP contribution < -0.4 is 5.32 Å². The van der Waals surface area contributed by atoms with Crippen LogP contribution in [0.25, 0.3) is 0 Å².